The lowest BCUT2D eigenvalue weighted by atomic mass is 10.1. The molecule has 1 N–H and O–H groups in total. The van der Waals surface area contributed by atoms with E-state index in [9.17, 15) is 9.90 Å². The van der Waals surface area contributed by atoms with Crippen molar-refractivity contribution in [3.8, 4) is 5.75 Å². The summed E-state index contributed by atoms with van der Waals surface area (Å²) in [6.07, 6.45) is 3.82. The molecule has 0 aliphatic heterocycles. The van der Waals surface area contributed by atoms with Crippen molar-refractivity contribution in [1.82, 2.24) is 9.61 Å². The molecule has 1 saturated carbocycles. The topological polar surface area (TPSA) is 63.8 Å². The van der Waals surface area contributed by atoms with Crippen LogP contribution in [0.1, 0.15) is 55.6 Å². The zero-order chi connectivity index (χ0) is 15.2. The van der Waals surface area contributed by atoms with E-state index in [1.807, 2.05) is 16.6 Å². The van der Waals surface area contributed by atoms with E-state index in [0.29, 0.717) is 11.5 Å². The number of carbonyl (C=O) groups is 1. The fraction of sp³-hybridized carbons (Fsp3) is 0.500. The van der Waals surface area contributed by atoms with Crippen LogP contribution in [-0.4, -0.2) is 32.7 Å². The van der Waals surface area contributed by atoms with Gasteiger partial charge in [-0.25, -0.2) is 4.52 Å². The lowest BCUT2D eigenvalue weighted by Crippen LogP contribution is -2.28. The van der Waals surface area contributed by atoms with Crippen molar-refractivity contribution in [3.05, 3.63) is 29.6 Å². The first kappa shape index (κ1) is 14.1. The number of aliphatic hydroxyl groups is 1. The van der Waals surface area contributed by atoms with Crippen LogP contribution in [0.2, 0.25) is 0 Å². The van der Waals surface area contributed by atoms with Gasteiger partial charge in [0.05, 0.1) is 28.6 Å². The number of aromatic nitrogens is 2. The fourth-order valence-corrected chi connectivity index (χ4v) is 2.43. The molecular weight excluding hydrogens is 268 g/mol. The zero-order valence-corrected chi connectivity index (χ0v) is 12.6. The van der Waals surface area contributed by atoms with Gasteiger partial charge in [-0.15, -0.1) is 0 Å². The molecule has 112 valence electrons. The molecule has 21 heavy (non-hydrogen) atoms. The van der Waals surface area contributed by atoms with Crippen LogP contribution in [0.4, 0.5) is 0 Å². The van der Waals surface area contributed by atoms with Crippen LogP contribution < -0.4 is 4.74 Å². The Morgan fingerprint density at radius 2 is 2.19 bits per heavy atom. The molecule has 0 bridgehead atoms. The van der Waals surface area contributed by atoms with Crippen molar-refractivity contribution in [2.45, 2.75) is 45.1 Å². The summed E-state index contributed by atoms with van der Waals surface area (Å²) in [4.78, 5) is 11.6. The Balaban J connectivity index is 2.05. The summed E-state index contributed by atoms with van der Waals surface area (Å²) in [6.45, 7) is 5.19. The van der Waals surface area contributed by atoms with Crippen molar-refractivity contribution in [1.29, 1.82) is 0 Å². The van der Waals surface area contributed by atoms with Crippen molar-refractivity contribution in [2.75, 3.05) is 6.61 Å². The van der Waals surface area contributed by atoms with Crippen LogP contribution in [-0.2, 0) is 0 Å². The second kappa shape index (κ2) is 4.84. The molecule has 2 heterocycles. The Morgan fingerprint density at radius 1 is 1.48 bits per heavy atom. The van der Waals surface area contributed by atoms with E-state index in [-0.39, 0.29) is 12.4 Å². The summed E-state index contributed by atoms with van der Waals surface area (Å²) in [5.41, 5.74) is 1.57. The lowest BCUT2D eigenvalue weighted by Gasteiger charge is -2.20. The third kappa shape index (κ3) is 2.78. The van der Waals surface area contributed by atoms with Gasteiger partial charge in [-0.3, -0.25) is 4.79 Å². The monoisotopic (exact) mass is 288 g/mol. The van der Waals surface area contributed by atoms with Gasteiger partial charge in [0.15, 0.2) is 5.78 Å². The zero-order valence-electron chi connectivity index (χ0n) is 12.6. The van der Waals surface area contributed by atoms with Gasteiger partial charge in [0, 0.05) is 5.92 Å². The van der Waals surface area contributed by atoms with E-state index < -0.39 is 5.60 Å². The van der Waals surface area contributed by atoms with Gasteiger partial charge in [-0.05, 0) is 45.7 Å². The molecule has 0 saturated heterocycles. The molecule has 1 aliphatic rings. The van der Waals surface area contributed by atoms with E-state index >= 15 is 0 Å². The van der Waals surface area contributed by atoms with Crippen LogP contribution in [0.15, 0.2) is 18.3 Å². The predicted molar refractivity (Wildman–Crippen MR) is 79.0 cm³/mol. The molecule has 3 rings (SSSR count). The second-order valence-corrected chi connectivity index (χ2v) is 6.37. The minimum absolute atomic E-state index is 0.0110. The van der Waals surface area contributed by atoms with Crippen molar-refractivity contribution in [3.63, 3.8) is 0 Å². The molecule has 5 heteroatoms. The first-order valence-corrected chi connectivity index (χ1v) is 7.23. The van der Waals surface area contributed by atoms with Crippen LogP contribution >= 0.6 is 0 Å². The SMILES string of the molecule is CC(=O)c1cnn2c(C3CC3)c(OCC(C)(C)O)ccc12. The van der Waals surface area contributed by atoms with Gasteiger partial charge in [-0.1, -0.05) is 0 Å². The van der Waals surface area contributed by atoms with E-state index in [0.717, 1.165) is 29.8 Å². The molecule has 1 aliphatic carbocycles. The Labute approximate surface area is 123 Å². The number of pyridine rings is 1. The average molecular weight is 288 g/mol. The number of nitrogens with zero attached hydrogens (tertiary/aromatic N) is 2. The molecule has 0 atom stereocenters. The van der Waals surface area contributed by atoms with Gasteiger partial charge in [0.1, 0.15) is 12.4 Å². The summed E-state index contributed by atoms with van der Waals surface area (Å²) in [5.74, 6) is 1.17. The maximum atomic E-state index is 11.6. The van der Waals surface area contributed by atoms with E-state index in [1.54, 1.807) is 27.0 Å². The quantitative estimate of drug-likeness (QED) is 0.859. The smallest absolute Gasteiger partial charge is 0.163 e. The summed E-state index contributed by atoms with van der Waals surface area (Å²) in [5, 5.41) is 14.2. The summed E-state index contributed by atoms with van der Waals surface area (Å²) in [6, 6.07) is 3.73. The van der Waals surface area contributed by atoms with Gasteiger partial charge < -0.3 is 9.84 Å². The highest BCUT2D eigenvalue weighted by Crippen LogP contribution is 2.44. The lowest BCUT2D eigenvalue weighted by molar-refractivity contribution is 0.0279. The van der Waals surface area contributed by atoms with Crippen LogP contribution in [0.5, 0.6) is 5.75 Å². The minimum Gasteiger partial charge on any atom is -0.489 e. The maximum absolute atomic E-state index is 11.6. The second-order valence-electron chi connectivity index (χ2n) is 6.37. The molecule has 2 aromatic rings. The molecule has 0 radical (unpaired) electrons. The van der Waals surface area contributed by atoms with Gasteiger partial charge >= 0.3 is 0 Å². The normalized spacial score (nSPS) is 15.4. The fourth-order valence-electron chi connectivity index (χ4n) is 2.43. The molecule has 0 aromatic carbocycles. The molecule has 1 fully saturated rings. The molecule has 0 spiro atoms. The number of Topliss-reactive ketones (excluding diaryl/α,β-unsaturated/α-hetero) is 1. The van der Waals surface area contributed by atoms with E-state index in [1.165, 1.54) is 0 Å². The number of fused-ring (bicyclic) bond motifs is 1. The highest BCUT2D eigenvalue weighted by atomic mass is 16.5. The molecule has 0 amide bonds. The molecule has 0 unspecified atom stereocenters. The number of hydrogen-bond donors (Lipinski definition) is 1. The number of hydrogen-bond acceptors (Lipinski definition) is 4. The van der Waals surface area contributed by atoms with E-state index in [4.69, 9.17) is 4.74 Å². The van der Waals surface area contributed by atoms with Crippen LogP contribution in [0, 0.1) is 0 Å². The Morgan fingerprint density at radius 3 is 2.76 bits per heavy atom. The maximum Gasteiger partial charge on any atom is 0.163 e. The first-order valence-electron chi connectivity index (χ1n) is 7.23. The average Bonchev–Trinajstić information content (AvgIpc) is 3.12. The van der Waals surface area contributed by atoms with Crippen molar-refractivity contribution in [2.24, 2.45) is 0 Å². The number of ketones is 1. The third-order valence-corrected chi connectivity index (χ3v) is 3.60. The largest absolute Gasteiger partial charge is 0.489 e. The van der Waals surface area contributed by atoms with Gasteiger partial charge in [0.25, 0.3) is 0 Å². The molecule has 5 nitrogen and oxygen atoms in total. The van der Waals surface area contributed by atoms with Crippen LogP contribution in [0.3, 0.4) is 0 Å². The molecular formula is C16H20N2O3. The number of carbonyl (C=O) groups excluding carboxylic acids is 1. The van der Waals surface area contributed by atoms with Gasteiger partial charge in [0.2, 0.25) is 0 Å². The van der Waals surface area contributed by atoms with Crippen molar-refractivity contribution >= 4 is 11.3 Å². The summed E-state index contributed by atoms with van der Waals surface area (Å²) >= 11 is 0. The summed E-state index contributed by atoms with van der Waals surface area (Å²) < 4.78 is 7.60. The molecule has 2 aromatic heterocycles. The standard InChI is InChI=1S/C16H20N2O3/c1-10(19)12-8-17-18-13(12)6-7-14(15(18)11-4-5-11)21-9-16(2,3)20/h6-8,11,20H,4-5,9H2,1-3H3. The first-order chi connectivity index (χ1) is 9.87. The van der Waals surface area contributed by atoms with Gasteiger partial charge in [-0.2, -0.15) is 5.10 Å². The minimum atomic E-state index is -0.884. The Hall–Kier alpha value is -1.88. The van der Waals surface area contributed by atoms with E-state index in [2.05, 4.69) is 5.10 Å². The van der Waals surface area contributed by atoms with Crippen LogP contribution in [0.25, 0.3) is 5.52 Å². The predicted octanol–water partition coefficient (Wildman–Crippen LogP) is 2.56. The third-order valence-electron chi connectivity index (χ3n) is 3.60. The highest BCUT2D eigenvalue weighted by molar-refractivity contribution is 6.00. The summed E-state index contributed by atoms with van der Waals surface area (Å²) in [7, 11) is 0. The Bertz CT molecular complexity index is 693. The van der Waals surface area contributed by atoms with Crippen molar-refractivity contribution < 1.29 is 14.6 Å². The number of ether oxygens (including phenoxy) is 1. The highest BCUT2D eigenvalue weighted by Gasteiger charge is 2.31. The Kier molecular flexibility index (Phi) is 3.24. The number of rotatable bonds is 5.